The van der Waals surface area contributed by atoms with Gasteiger partial charge in [-0.25, -0.2) is 9.97 Å². The molecule has 0 aliphatic carbocycles. The third-order valence-electron chi connectivity index (χ3n) is 7.59. The first kappa shape index (κ1) is 26.3. The first-order valence-electron chi connectivity index (χ1n) is 13.4. The van der Waals surface area contributed by atoms with E-state index >= 15 is 0 Å². The minimum atomic E-state index is -3.75. The second-order valence-corrected chi connectivity index (χ2v) is 10.1. The highest BCUT2D eigenvalue weighted by atomic mass is 19.3. The summed E-state index contributed by atoms with van der Waals surface area (Å²) in [7, 11) is 0. The van der Waals surface area contributed by atoms with E-state index in [0.717, 1.165) is 51.7 Å². The van der Waals surface area contributed by atoms with E-state index in [1.54, 1.807) is 6.07 Å². The Balaban J connectivity index is 1.47. The topological polar surface area (TPSA) is 103 Å². The number of rotatable bonds is 5. The van der Waals surface area contributed by atoms with Crippen molar-refractivity contribution in [1.29, 1.82) is 0 Å². The third-order valence-corrected chi connectivity index (χ3v) is 7.59. The molecule has 0 amide bonds. The van der Waals surface area contributed by atoms with Gasteiger partial charge in [-0.15, -0.1) is 13.9 Å². The largest absolute Gasteiger partial charge is 0.586 e. The van der Waals surface area contributed by atoms with Crippen LogP contribution in [0.15, 0.2) is 28.3 Å². The van der Waals surface area contributed by atoms with Crippen LogP contribution in [0.5, 0.6) is 11.5 Å². The Bertz CT molecular complexity index is 1420. The molecule has 4 heterocycles. The number of fused-ring (bicyclic) bond motifs is 5. The van der Waals surface area contributed by atoms with E-state index in [9.17, 15) is 8.78 Å². The molecular weight excluding hydrogens is 492 g/mol. The van der Waals surface area contributed by atoms with E-state index in [2.05, 4.69) is 47.4 Å². The number of alkyl halides is 2. The van der Waals surface area contributed by atoms with Gasteiger partial charge in [-0.2, -0.15) is 4.52 Å². The molecule has 2 aromatic heterocycles. The fourth-order valence-corrected chi connectivity index (χ4v) is 5.30. The molecule has 204 valence electrons. The number of hydrogen-bond donors (Lipinski definition) is 1. The number of nitrogen functional groups attached to an aromatic ring is 1. The number of halogens is 2. The molecule has 0 fully saturated rings. The van der Waals surface area contributed by atoms with Crippen LogP contribution in [-0.4, -0.2) is 56.1 Å². The van der Waals surface area contributed by atoms with E-state index in [4.69, 9.17) is 20.4 Å². The van der Waals surface area contributed by atoms with E-state index in [1.165, 1.54) is 27.4 Å². The maximum Gasteiger partial charge on any atom is 0.586 e. The fraction of sp³-hybridized carbons (Fsp3) is 0.556. The van der Waals surface area contributed by atoms with Crippen LogP contribution < -0.4 is 15.2 Å². The third kappa shape index (κ3) is 5.16. The molecule has 0 spiro atoms. The zero-order valence-electron chi connectivity index (χ0n) is 22.4. The Kier molecular flexibility index (Phi) is 7.21. The van der Waals surface area contributed by atoms with Crippen molar-refractivity contribution in [2.45, 2.75) is 72.6 Å². The molecule has 2 aliphatic heterocycles. The van der Waals surface area contributed by atoms with Gasteiger partial charge < -0.3 is 15.2 Å². The average molecular weight is 528 g/mol. The molecule has 3 aromatic rings. The van der Waals surface area contributed by atoms with Crippen molar-refractivity contribution in [1.82, 2.24) is 24.5 Å². The number of nitrogens with two attached hydrogens (primary N) is 1. The summed E-state index contributed by atoms with van der Waals surface area (Å²) in [4.78, 5) is 16.4. The second-order valence-electron chi connectivity index (χ2n) is 10.1. The highest BCUT2D eigenvalue weighted by molar-refractivity contribution is 5.97. The minimum Gasteiger partial charge on any atom is -0.395 e. The van der Waals surface area contributed by atoms with Gasteiger partial charge in [0.2, 0.25) is 5.95 Å². The number of aromatic nitrogens is 4. The first-order valence-corrected chi connectivity index (χ1v) is 13.4. The summed E-state index contributed by atoms with van der Waals surface area (Å²) in [5.41, 5.74) is 10.8. The number of benzene rings is 1. The molecule has 0 saturated heterocycles. The summed E-state index contributed by atoms with van der Waals surface area (Å²) in [6.07, 6.45) is 1.41. The maximum atomic E-state index is 13.7. The first-order chi connectivity index (χ1) is 18.2. The zero-order valence-corrected chi connectivity index (χ0v) is 22.4. The maximum absolute atomic E-state index is 13.7. The number of ether oxygens (including phenoxy) is 2. The average Bonchev–Trinajstić information content (AvgIpc) is 3.44. The van der Waals surface area contributed by atoms with Gasteiger partial charge >= 0.3 is 6.29 Å². The van der Waals surface area contributed by atoms with Gasteiger partial charge in [0.05, 0.1) is 13.1 Å². The van der Waals surface area contributed by atoms with Crippen LogP contribution in [0.1, 0.15) is 65.6 Å². The Morgan fingerprint density at radius 1 is 1.13 bits per heavy atom. The van der Waals surface area contributed by atoms with Gasteiger partial charge in [-0.3, -0.25) is 9.89 Å². The lowest BCUT2D eigenvalue weighted by molar-refractivity contribution is -0.286. The summed E-state index contributed by atoms with van der Waals surface area (Å²) in [6.45, 7) is 11.8. The van der Waals surface area contributed by atoms with E-state index < -0.39 is 6.29 Å². The van der Waals surface area contributed by atoms with Crippen molar-refractivity contribution in [3.8, 4) is 11.5 Å². The summed E-state index contributed by atoms with van der Waals surface area (Å²) >= 11 is 0. The summed E-state index contributed by atoms with van der Waals surface area (Å²) in [5, 5.41) is 5.15. The number of hydrogen-bond acceptors (Lipinski definition) is 8. The highest BCUT2D eigenvalue weighted by Gasteiger charge is 2.45. The van der Waals surface area contributed by atoms with Crippen LogP contribution in [0.4, 0.5) is 14.7 Å². The molecule has 2 aliphatic rings. The summed E-state index contributed by atoms with van der Waals surface area (Å²) < 4.78 is 38.2. The monoisotopic (exact) mass is 527 g/mol. The van der Waals surface area contributed by atoms with Crippen LogP contribution in [0.25, 0.3) is 16.6 Å². The lowest BCUT2D eigenvalue weighted by Crippen LogP contribution is -2.29. The molecule has 9 nitrogen and oxygen atoms in total. The Hall–Kier alpha value is -3.34. The molecule has 0 saturated carbocycles. The predicted octanol–water partition coefficient (Wildman–Crippen LogP) is 5.38. The fourth-order valence-electron chi connectivity index (χ4n) is 5.30. The van der Waals surface area contributed by atoms with Crippen LogP contribution in [0.2, 0.25) is 0 Å². The van der Waals surface area contributed by atoms with Crippen molar-refractivity contribution >= 4 is 28.2 Å². The van der Waals surface area contributed by atoms with Crippen LogP contribution in [-0.2, 0) is 6.54 Å². The van der Waals surface area contributed by atoms with Crippen LogP contribution >= 0.6 is 0 Å². The van der Waals surface area contributed by atoms with E-state index in [0.29, 0.717) is 29.3 Å². The Morgan fingerprint density at radius 3 is 2.68 bits per heavy atom. The SMILES string of the molecule is CCC1=NCC(CC)=C(C)CN(Cc2nc3c4ccc5c(c4nc(N)n3n2)OC(F)(F)O5)CCC(CC)C1. The minimum absolute atomic E-state index is 0.0375. The van der Waals surface area contributed by atoms with Gasteiger partial charge in [0.1, 0.15) is 5.52 Å². The van der Waals surface area contributed by atoms with Crippen molar-refractivity contribution in [2.24, 2.45) is 10.9 Å². The molecule has 1 unspecified atom stereocenters. The van der Waals surface area contributed by atoms with Gasteiger partial charge in [0, 0.05) is 17.6 Å². The normalized spacial score (nSPS) is 20.7. The smallest absolute Gasteiger partial charge is 0.395 e. The lowest BCUT2D eigenvalue weighted by Gasteiger charge is -2.24. The Morgan fingerprint density at radius 2 is 1.95 bits per heavy atom. The van der Waals surface area contributed by atoms with Crippen molar-refractivity contribution < 1.29 is 18.3 Å². The van der Waals surface area contributed by atoms with Gasteiger partial charge in [0.15, 0.2) is 23.0 Å². The van der Waals surface area contributed by atoms with E-state index in [-0.39, 0.29) is 23.0 Å². The number of anilines is 1. The zero-order chi connectivity index (χ0) is 27.0. The standard InChI is InChI=1S/C27H35F2N7O2/c1-5-17-10-11-35(14-16(4)18(6-2)13-31-19(7-3)12-17)15-22-32-25-20-8-9-21-24(38-27(28,29)37-21)23(20)33-26(30)36(25)34-22/h8-9,17H,5-7,10-15H2,1-4H3,(H2,30,33). The summed E-state index contributed by atoms with van der Waals surface area (Å²) in [5.74, 6) is 0.964. The van der Waals surface area contributed by atoms with Gasteiger partial charge in [-0.05, 0) is 62.8 Å². The number of nitrogens with zero attached hydrogens (tertiary/aromatic N) is 6. The molecule has 0 radical (unpaired) electrons. The van der Waals surface area contributed by atoms with Gasteiger partial charge in [-0.1, -0.05) is 32.8 Å². The summed E-state index contributed by atoms with van der Waals surface area (Å²) in [6, 6.07) is 3.06. The molecule has 38 heavy (non-hydrogen) atoms. The molecule has 2 N–H and O–H groups in total. The van der Waals surface area contributed by atoms with E-state index in [1.807, 2.05) is 0 Å². The molecule has 5 rings (SSSR count). The van der Waals surface area contributed by atoms with Crippen molar-refractivity contribution in [3.05, 3.63) is 29.1 Å². The second kappa shape index (κ2) is 10.4. The van der Waals surface area contributed by atoms with Gasteiger partial charge in [0.25, 0.3) is 0 Å². The molecule has 0 bridgehead atoms. The van der Waals surface area contributed by atoms with Crippen molar-refractivity contribution in [2.75, 3.05) is 25.4 Å². The lowest BCUT2D eigenvalue weighted by atomic mass is 9.94. The molecule has 1 atom stereocenters. The Labute approximate surface area is 220 Å². The van der Waals surface area contributed by atoms with Crippen molar-refractivity contribution in [3.63, 3.8) is 0 Å². The molecule has 1 aromatic carbocycles. The quantitative estimate of drug-likeness (QED) is 0.444. The molecule has 11 heteroatoms. The molecular formula is C27H35F2N7O2. The highest BCUT2D eigenvalue weighted by Crippen LogP contribution is 2.45. The van der Waals surface area contributed by atoms with Crippen LogP contribution in [0, 0.1) is 5.92 Å². The number of aliphatic imine (C=N–C) groups is 1. The predicted molar refractivity (Wildman–Crippen MR) is 143 cm³/mol. The van der Waals surface area contributed by atoms with Crippen LogP contribution in [0.3, 0.4) is 0 Å².